The summed E-state index contributed by atoms with van der Waals surface area (Å²) in [5.74, 6) is -3.10. The van der Waals surface area contributed by atoms with Crippen LogP contribution in [0.5, 0.6) is 5.75 Å². The van der Waals surface area contributed by atoms with Gasteiger partial charge in [-0.3, -0.25) is 10.1 Å². The summed E-state index contributed by atoms with van der Waals surface area (Å²) in [6, 6.07) is 0.985. The van der Waals surface area contributed by atoms with E-state index in [9.17, 15) is 40.8 Å². The minimum absolute atomic E-state index is 0.152. The van der Waals surface area contributed by atoms with Crippen molar-refractivity contribution in [3.63, 3.8) is 0 Å². The Morgan fingerprint density at radius 1 is 1.10 bits per heavy atom. The lowest BCUT2D eigenvalue weighted by atomic mass is 10.2. The van der Waals surface area contributed by atoms with Gasteiger partial charge in [-0.2, -0.15) is 26.3 Å². The summed E-state index contributed by atoms with van der Waals surface area (Å²) in [5.41, 5.74) is -0.842. The molecule has 0 aliphatic carbocycles. The number of nitrogens with zero attached hydrogens (tertiary/aromatic N) is 1. The molecular formula is C9H4F7NO3. The molecule has 1 aromatic rings. The van der Waals surface area contributed by atoms with Crippen molar-refractivity contribution in [3.05, 3.63) is 34.1 Å². The van der Waals surface area contributed by atoms with Crippen molar-refractivity contribution in [2.45, 2.75) is 18.5 Å². The van der Waals surface area contributed by atoms with E-state index in [2.05, 4.69) is 4.74 Å². The van der Waals surface area contributed by atoms with Gasteiger partial charge >= 0.3 is 12.4 Å². The molecule has 0 aromatic heterocycles. The van der Waals surface area contributed by atoms with Crippen LogP contribution in [0.1, 0.15) is 0 Å². The Hall–Kier alpha value is -2.07. The summed E-state index contributed by atoms with van der Waals surface area (Å²) in [6.07, 6.45) is -15.9. The Morgan fingerprint density at radius 3 is 1.95 bits per heavy atom. The fourth-order valence-electron chi connectivity index (χ4n) is 1.15. The largest absolute Gasteiger partial charge is 0.468 e. The molecule has 0 N–H and O–H groups in total. The molecule has 0 amide bonds. The lowest BCUT2D eigenvalue weighted by Crippen LogP contribution is -2.46. The Bertz CT molecular complexity index is 497. The average Bonchev–Trinajstić information content (AvgIpc) is 2.23. The zero-order valence-corrected chi connectivity index (χ0v) is 9.13. The molecule has 0 bridgehead atoms. The summed E-state index contributed by atoms with van der Waals surface area (Å²) in [6.45, 7) is 0. The number of ether oxygens (including phenoxy) is 1. The summed E-state index contributed by atoms with van der Waals surface area (Å²) in [4.78, 5) is 9.17. The second-order valence-corrected chi connectivity index (χ2v) is 3.45. The number of nitro groups is 1. The lowest BCUT2D eigenvalue weighted by molar-refractivity contribution is -0.385. The van der Waals surface area contributed by atoms with E-state index < -0.39 is 40.6 Å². The summed E-state index contributed by atoms with van der Waals surface area (Å²) >= 11 is 0. The van der Waals surface area contributed by atoms with Gasteiger partial charge in [0.1, 0.15) is 0 Å². The van der Waals surface area contributed by atoms with Gasteiger partial charge in [0.15, 0.2) is 11.6 Å². The summed E-state index contributed by atoms with van der Waals surface area (Å²) in [5, 5.41) is 10.2. The Morgan fingerprint density at radius 2 is 1.60 bits per heavy atom. The Balaban J connectivity index is 3.10. The highest BCUT2D eigenvalue weighted by Gasteiger charge is 2.59. The predicted molar refractivity (Wildman–Crippen MR) is 49.6 cm³/mol. The molecule has 0 saturated heterocycles. The van der Waals surface area contributed by atoms with Gasteiger partial charge in [0, 0.05) is 6.07 Å². The molecule has 11 heteroatoms. The first-order valence-electron chi connectivity index (χ1n) is 4.67. The van der Waals surface area contributed by atoms with E-state index in [-0.39, 0.29) is 6.07 Å². The molecule has 0 radical (unpaired) electrons. The van der Waals surface area contributed by atoms with Crippen molar-refractivity contribution in [1.29, 1.82) is 0 Å². The molecule has 0 spiro atoms. The van der Waals surface area contributed by atoms with E-state index in [4.69, 9.17) is 0 Å². The van der Waals surface area contributed by atoms with Crippen LogP contribution in [0, 0.1) is 15.9 Å². The van der Waals surface area contributed by atoms with E-state index in [1.807, 2.05) is 0 Å². The quantitative estimate of drug-likeness (QED) is 0.487. The maximum atomic E-state index is 13.2. The van der Waals surface area contributed by atoms with Crippen LogP contribution in [0.25, 0.3) is 0 Å². The third-order valence-electron chi connectivity index (χ3n) is 1.97. The van der Waals surface area contributed by atoms with Crippen LogP contribution in [0.2, 0.25) is 0 Å². The van der Waals surface area contributed by atoms with Gasteiger partial charge in [-0.1, -0.05) is 0 Å². The van der Waals surface area contributed by atoms with E-state index in [0.29, 0.717) is 12.1 Å². The Labute approximate surface area is 105 Å². The summed E-state index contributed by atoms with van der Waals surface area (Å²) in [7, 11) is 0. The SMILES string of the molecule is O=[N+]([O-])c1ccc(OC(C(F)(F)F)C(F)(F)F)c(F)c1. The summed E-state index contributed by atoms with van der Waals surface area (Å²) < 4.78 is 89.7. The molecule has 0 fully saturated rings. The van der Waals surface area contributed by atoms with Crippen molar-refractivity contribution in [1.82, 2.24) is 0 Å². The van der Waals surface area contributed by atoms with Crippen molar-refractivity contribution in [3.8, 4) is 5.75 Å². The molecule has 0 atom stereocenters. The molecule has 20 heavy (non-hydrogen) atoms. The van der Waals surface area contributed by atoms with Crippen LogP contribution in [-0.4, -0.2) is 23.4 Å². The molecule has 0 heterocycles. The highest BCUT2D eigenvalue weighted by molar-refractivity contribution is 5.37. The number of halogens is 7. The fraction of sp³-hybridized carbons (Fsp3) is 0.333. The van der Waals surface area contributed by atoms with Gasteiger partial charge in [0.2, 0.25) is 0 Å². The number of non-ortho nitro benzene ring substituents is 1. The van der Waals surface area contributed by atoms with Gasteiger partial charge in [-0.05, 0) is 6.07 Å². The molecular weight excluding hydrogens is 303 g/mol. The van der Waals surface area contributed by atoms with E-state index >= 15 is 0 Å². The minimum atomic E-state index is -5.81. The van der Waals surface area contributed by atoms with Gasteiger partial charge < -0.3 is 4.74 Å². The van der Waals surface area contributed by atoms with Crippen LogP contribution >= 0.6 is 0 Å². The molecule has 112 valence electrons. The van der Waals surface area contributed by atoms with Crippen molar-refractivity contribution in [2.24, 2.45) is 0 Å². The molecule has 0 aliphatic rings. The first kappa shape index (κ1) is 16.0. The van der Waals surface area contributed by atoms with Gasteiger partial charge in [-0.25, -0.2) is 4.39 Å². The molecule has 4 nitrogen and oxygen atoms in total. The van der Waals surface area contributed by atoms with Crippen molar-refractivity contribution in [2.75, 3.05) is 0 Å². The molecule has 1 aromatic carbocycles. The minimum Gasteiger partial charge on any atom is -0.468 e. The van der Waals surface area contributed by atoms with E-state index in [0.717, 1.165) is 0 Å². The number of hydrogen-bond acceptors (Lipinski definition) is 3. The highest BCUT2D eigenvalue weighted by atomic mass is 19.4. The standard InChI is InChI=1S/C9H4F7NO3/c10-5-3-4(17(18)19)1-2-6(5)20-7(8(11,12)13)9(14,15)16/h1-3,7H. The van der Waals surface area contributed by atoms with Gasteiger partial charge in [-0.15, -0.1) is 0 Å². The van der Waals surface area contributed by atoms with Crippen molar-refractivity contribution >= 4 is 5.69 Å². The first-order valence-corrected chi connectivity index (χ1v) is 4.67. The van der Waals surface area contributed by atoms with Crippen LogP contribution in [0.3, 0.4) is 0 Å². The normalized spacial score (nSPS) is 12.6. The average molecular weight is 307 g/mol. The van der Waals surface area contributed by atoms with E-state index in [1.54, 1.807) is 0 Å². The van der Waals surface area contributed by atoms with Gasteiger partial charge in [0.05, 0.1) is 11.0 Å². The maximum absolute atomic E-state index is 13.2. The van der Waals surface area contributed by atoms with Crippen LogP contribution in [-0.2, 0) is 0 Å². The van der Waals surface area contributed by atoms with Gasteiger partial charge in [0.25, 0.3) is 11.8 Å². The lowest BCUT2D eigenvalue weighted by Gasteiger charge is -2.23. The highest BCUT2D eigenvalue weighted by Crippen LogP contribution is 2.37. The third kappa shape index (κ3) is 3.71. The van der Waals surface area contributed by atoms with Crippen molar-refractivity contribution < 1.29 is 40.4 Å². The smallest absolute Gasteiger partial charge is 0.434 e. The molecule has 0 saturated carbocycles. The maximum Gasteiger partial charge on any atom is 0.434 e. The molecule has 0 unspecified atom stereocenters. The monoisotopic (exact) mass is 307 g/mol. The third-order valence-corrected chi connectivity index (χ3v) is 1.97. The predicted octanol–water partition coefficient (Wildman–Crippen LogP) is 3.61. The van der Waals surface area contributed by atoms with Crippen LogP contribution in [0.4, 0.5) is 36.4 Å². The zero-order valence-electron chi connectivity index (χ0n) is 9.13. The molecule has 0 aliphatic heterocycles. The second-order valence-electron chi connectivity index (χ2n) is 3.45. The number of alkyl halides is 6. The fourth-order valence-corrected chi connectivity index (χ4v) is 1.15. The number of benzene rings is 1. The molecule has 1 rings (SSSR count). The first-order chi connectivity index (χ1) is 8.93. The van der Waals surface area contributed by atoms with E-state index in [1.165, 1.54) is 0 Å². The topological polar surface area (TPSA) is 52.4 Å². The number of nitro benzene ring substituents is 1. The zero-order chi connectivity index (χ0) is 15.7. The van der Waals surface area contributed by atoms with Crippen LogP contribution < -0.4 is 4.74 Å². The Kier molecular flexibility index (Phi) is 4.10. The number of hydrogen-bond donors (Lipinski definition) is 0. The second kappa shape index (κ2) is 5.13. The van der Waals surface area contributed by atoms with Crippen LogP contribution in [0.15, 0.2) is 18.2 Å². The number of rotatable bonds is 3.